The van der Waals surface area contributed by atoms with Crippen molar-refractivity contribution in [2.45, 2.75) is 36.9 Å². The van der Waals surface area contributed by atoms with Gasteiger partial charge in [-0.1, -0.05) is 35.3 Å². The summed E-state index contributed by atoms with van der Waals surface area (Å²) in [5, 5.41) is 3.21. The van der Waals surface area contributed by atoms with Gasteiger partial charge < -0.3 is 21.0 Å². The molecule has 0 radical (unpaired) electrons. The number of carbonyl (C=O) groups excluding carboxylic acids is 2. The number of carbonyl (C=O) groups is 2. The molecule has 0 aromatic heterocycles. The molecule has 0 amide bonds. The molecular weight excluding hydrogens is 608 g/mol. The molecule has 0 saturated heterocycles. The average molecular weight is 631 g/mol. The van der Waals surface area contributed by atoms with Gasteiger partial charge in [0.2, 0.25) is 16.0 Å². The standard InChI is InChI=1S/C22H23Cl2F3N4O8S/c1-12-9-14(23)11-16(24)18(12)40(34,35)31-17(19(32)38-39-20(33)22(25,26)27)10-13-3-5-15(6-4-13)36-7-2-8-37-30-21(28)29/h3-6,9,11,17,31H,2,7-8,10H2,1H3,(H4,28,29,30)/t17-/m0/s1. The summed E-state index contributed by atoms with van der Waals surface area (Å²) in [6.07, 6.45) is -5.47. The number of nitrogens with one attached hydrogen (secondary N) is 1. The van der Waals surface area contributed by atoms with Gasteiger partial charge in [0, 0.05) is 11.4 Å². The molecule has 0 aliphatic rings. The van der Waals surface area contributed by atoms with Crippen molar-refractivity contribution in [2.24, 2.45) is 16.6 Å². The minimum atomic E-state index is -5.46. The maximum atomic E-state index is 13.1. The van der Waals surface area contributed by atoms with E-state index < -0.39 is 45.5 Å². The SMILES string of the molecule is Cc1cc(Cl)cc(Cl)c1S(=O)(=O)N[C@@H](Cc1ccc(OCCCON=C(N)N)cc1)C(=O)OOC(=O)C(F)(F)F. The van der Waals surface area contributed by atoms with E-state index >= 15 is 0 Å². The highest BCUT2D eigenvalue weighted by Gasteiger charge is 2.43. The van der Waals surface area contributed by atoms with Crippen LogP contribution >= 0.6 is 23.2 Å². The number of halogens is 5. The van der Waals surface area contributed by atoms with Crippen LogP contribution in [0.2, 0.25) is 10.0 Å². The first-order valence-electron chi connectivity index (χ1n) is 11.0. The van der Waals surface area contributed by atoms with E-state index in [0.717, 1.165) is 6.07 Å². The number of nitrogens with two attached hydrogens (primary N) is 2. The lowest BCUT2D eigenvalue weighted by Gasteiger charge is -2.19. The summed E-state index contributed by atoms with van der Waals surface area (Å²) >= 11 is 11.9. The van der Waals surface area contributed by atoms with Gasteiger partial charge in [0.05, 0.1) is 11.6 Å². The number of benzene rings is 2. The van der Waals surface area contributed by atoms with Crippen LogP contribution in [-0.4, -0.2) is 51.7 Å². The summed E-state index contributed by atoms with van der Waals surface area (Å²) in [4.78, 5) is 35.4. The van der Waals surface area contributed by atoms with Crippen molar-refractivity contribution in [3.05, 3.63) is 57.6 Å². The number of rotatable bonds is 12. The van der Waals surface area contributed by atoms with Crippen LogP contribution in [0.1, 0.15) is 17.5 Å². The minimum absolute atomic E-state index is 0.116. The molecular formula is C22H23Cl2F3N4O8S. The maximum Gasteiger partial charge on any atom is 0.495 e. The second kappa shape index (κ2) is 14.2. The van der Waals surface area contributed by atoms with Crippen LogP contribution in [0.15, 0.2) is 46.4 Å². The van der Waals surface area contributed by atoms with Crippen LogP contribution in [-0.2, 0) is 40.6 Å². The van der Waals surface area contributed by atoms with Crippen LogP contribution < -0.4 is 20.9 Å². The number of nitrogens with zero attached hydrogens (tertiary/aromatic N) is 1. The first kappa shape index (κ1) is 32.7. The number of hydrogen-bond acceptors (Lipinski definition) is 9. The zero-order valence-electron chi connectivity index (χ0n) is 20.5. The Labute approximate surface area is 236 Å². The van der Waals surface area contributed by atoms with E-state index in [1.807, 2.05) is 4.72 Å². The molecule has 1 atom stereocenters. The summed E-state index contributed by atoms with van der Waals surface area (Å²) in [5.74, 6) is -4.28. The molecule has 2 rings (SSSR count). The zero-order chi connectivity index (χ0) is 30.1. The number of aryl methyl sites for hydroxylation is 1. The fraction of sp³-hybridized carbons (Fsp3) is 0.318. The Morgan fingerprint density at radius 2 is 1.73 bits per heavy atom. The van der Waals surface area contributed by atoms with Gasteiger partial charge in [0.1, 0.15) is 23.3 Å². The highest BCUT2D eigenvalue weighted by molar-refractivity contribution is 7.89. The van der Waals surface area contributed by atoms with E-state index in [2.05, 4.69) is 14.9 Å². The molecule has 0 bridgehead atoms. The lowest BCUT2D eigenvalue weighted by molar-refractivity contribution is -0.286. The first-order chi connectivity index (χ1) is 18.6. The van der Waals surface area contributed by atoms with Crippen LogP contribution in [0.4, 0.5) is 13.2 Å². The largest absolute Gasteiger partial charge is 0.495 e. The molecule has 0 aliphatic carbocycles. The van der Waals surface area contributed by atoms with E-state index in [9.17, 15) is 31.2 Å². The Kier molecular flexibility index (Phi) is 11.7. The number of hydrogen-bond donors (Lipinski definition) is 3. The fourth-order valence-electron chi connectivity index (χ4n) is 3.02. The molecule has 2 aromatic carbocycles. The van der Waals surface area contributed by atoms with Crippen molar-refractivity contribution in [3.63, 3.8) is 0 Å². The summed E-state index contributed by atoms with van der Waals surface area (Å²) < 4.78 is 71.0. The Hall–Kier alpha value is -3.47. The second-order valence-electron chi connectivity index (χ2n) is 7.88. The van der Waals surface area contributed by atoms with Crippen LogP contribution in [0.3, 0.4) is 0 Å². The monoisotopic (exact) mass is 630 g/mol. The van der Waals surface area contributed by atoms with E-state index in [-0.39, 0.29) is 34.8 Å². The maximum absolute atomic E-state index is 13.1. The molecule has 0 fully saturated rings. The van der Waals surface area contributed by atoms with E-state index in [1.54, 1.807) is 0 Å². The number of oxime groups is 1. The van der Waals surface area contributed by atoms with Gasteiger partial charge >= 0.3 is 18.1 Å². The van der Waals surface area contributed by atoms with E-state index in [4.69, 9.17) is 44.2 Å². The minimum Gasteiger partial charge on any atom is -0.493 e. The van der Waals surface area contributed by atoms with E-state index in [1.165, 1.54) is 37.3 Å². The van der Waals surface area contributed by atoms with Gasteiger partial charge in [0.25, 0.3) is 0 Å². The Bertz CT molecular complexity index is 1320. The van der Waals surface area contributed by atoms with Crippen molar-refractivity contribution < 1.29 is 50.5 Å². The van der Waals surface area contributed by atoms with Crippen LogP contribution in [0, 0.1) is 6.92 Å². The molecule has 0 heterocycles. The third-order valence-electron chi connectivity index (χ3n) is 4.66. The van der Waals surface area contributed by atoms with Crippen molar-refractivity contribution in [1.29, 1.82) is 0 Å². The van der Waals surface area contributed by atoms with Gasteiger partial charge in [-0.15, -0.1) is 0 Å². The number of ether oxygens (including phenoxy) is 1. The molecule has 18 heteroatoms. The topological polar surface area (TPSA) is 182 Å². The van der Waals surface area contributed by atoms with Gasteiger partial charge in [-0.2, -0.15) is 17.9 Å². The lowest BCUT2D eigenvalue weighted by Crippen LogP contribution is -2.44. The van der Waals surface area contributed by atoms with Crippen molar-refractivity contribution in [2.75, 3.05) is 13.2 Å². The summed E-state index contributed by atoms with van der Waals surface area (Å²) in [6, 6.07) is 6.50. The first-order valence-corrected chi connectivity index (χ1v) is 13.2. The van der Waals surface area contributed by atoms with Crippen LogP contribution in [0.5, 0.6) is 5.75 Å². The molecule has 40 heavy (non-hydrogen) atoms. The Balaban J connectivity index is 2.18. The third-order valence-corrected chi connectivity index (χ3v) is 6.96. The Morgan fingerprint density at radius 1 is 1.07 bits per heavy atom. The molecule has 0 saturated carbocycles. The highest BCUT2D eigenvalue weighted by Crippen LogP contribution is 2.29. The fourth-order valence-corrected chi connectivity index (χ4v) is 5.39. The van der Waals surface area contributed by atoms with E-state index in [0.29, 0.717) is 17.7 Å². The van der Waals surface area contributed by atoms with Gasteiger partial charge in [-0.05, 0) is 53.9 Å². The highest BCUT2D eigenvalue weighted by atomic mass is 35.5. The molecule has 220 valence electrons. The average Bonchev–Trinajstić information content (AvgIpc) is 2.83. The lowest BCUT2D eigenvalue weighted by atomic mass is 10.1. The van der Waals surface area contributed by atoms with Gasteiger partial charge in [0.15, 0.2) is 0 Å². The molecule has 0 spiro atoms. The van der Waals surface area contributed by atoms with Crippen LogP contribution in [0.25, 0.3) is 0 Å². The smallest absolute Gasteiger partial charge is 0.493 e. The number of alkyl halides is 3. The number of guanidine groups is 1. The zero-order valence-corrected chi connectivity index (χ0v) is 22.9. The summed E-state index contributed by atoms with van der Waals surface area (Å²) in [7, 11) is -4.57. The summed E-state index contributed by atoms with van der Waals surface area (Å²) in [5.41, 5.74) is 10.7. The molecule has 12 nitrogen and oxygen atoms in total. The van der Waals surface area contributed by atoms with Gasteiger partial charge in [-0.25, -0.2) is 27.8 Å². The molecule has 5 N–H and O–H groups in total. The number of sulfonamides is 1. The van der Waals surface area contributed by atoms with Crippen molar-refractivity contribution >= 4 is 51.1 Å². The predicted octanol–water partition coefficient (Wildman–Crippen LogP) is 2.73. The molecule has 0 aliphatic heterocycles. The normalized spacial score (nSPS) is 12.2. The molecule has 0 unspecified atom stereocenters. The third kappa shape index (κ3) is 10.3. The van der Waals surface area contributed by atoms with Crippen molar-refractivity contribution in [3.8, 4) is 5.75 Å². The Morgan fingerprint density at radius 3 is 2.30 bits per heavy atom. The molecule has 2 aromatic rings. The van der Waals surface area contributed by atoms with Gasteiger partial charge in [-0.3, -0.25) is 0 Å². The van der Waals surface area contributed by atoms with Crippen molar-refractivity contribution in [1.82, 2.24) is 4.72 Å². The summed E-state index contributed by atoms with van der Waals surface area (Å²) in [6.45, 7) is 1.78. The predicted molar refractivity (Wildman–Crippen MR) is 136 cm³/mol. The quantitative estimate of drug-likeness (QED) is 0.104. The second-order valence-corrected chi connectivity index (χ2v) is 10.4.